The fourth-order valence-electron chi connectivity index (χ4n) is 1.85. The molecule has 3 nitrogen and oxygen atoms in total. The molecule has 1 N–H and O–H groups in total. The van der Waals surface area contributed by atoms with Crippen LogP contribution in [0.25, 0.3) is 0 Å². The Morgan fingerprint density at radius 3 is 2.62 bits per heavy atom. The van der Waals surface area contributed by atoms with Crippen LogP contribution in [0.5, 0.6) is 11.5 Å². The van der Waals surface area contributed by atoms with Crippen molar-refractivity contribution in [3.63, 3.8) is 0 Å². The summed E-state index contributed by atoms with van der Waals surface area (Å²) in [7, 11) is 0. The third kappa shape index (κ3) is 4.09. The Hall–Kier alpha value is -1.78. The maximum absolute atomic E-state index is 13.6. The summed E-state index contributed by atoms with van der Waals surface area (Å²) in [6.07, 6.45) is 0. The minimum absolute atomic E-state index is 0.0466. The second-order valence-electron chi connectivity index (χ2n) is 4.40. The molecule has 112 valence electrons. The molecular formula is C16H16ClFO3. The maximum atomic E-state index is 13.6. The van der Waals surface area contributed by atoms with E-state index in [2.05, 4.69) is 0 Å². The molecule has 2 aromatic rings. The van der Waals surface area contributed by atoms with Crippen molar-refractivity contribution in [2.24, 2.45) is 0 Å². The second kappa shape index (κ2) is 7.29. The molecule has 0 bridgehead atoms. The van der Waals surface area contributed by atoms with Crippen LogP contribution in [0.2, 0.25) is 5.02 Å². The van der Waals surface area contributed by atoms with E-state index in [-0.39, 0.29) is 19.0 Å². The quantitative estimate of drug-likeness (QED) is 0.878. The van der Waals surface area contributed by atoms with Crippen LogP contribution in [0.1, 0.15) is 18.1 Å². The predicted molar refractivity (Wildman–Crippen MR) is 79.3 cm³/mol. The zero-order valence-electron chi connectivity index (χ0n) is 11.6. The van der Waals surface area contributed by atoms with Crippen LogP contribution in [0.15, 0.2) is 36.4 Å². The van der Waals surface area contributed by atoms with Gasteiger partial charge in [0.2, 0.25) is 0 Å². The van der Waals surface area contributed by atoms with Gasteiger partial charge in [0.05, 0.1) is 13.2 Å². The standard InChI is InChI=1S/C16H16ClFO3/c1-2-20-16-7-11(9-19)3-6-15(16)21-10-12-8-13(17)4-5-14(12)18/h3-8,19H,2,9-10H2,1H3. The number of aliphatic hydroxyl groups excluding tert-OH is 1. The van der Waals surface area contributed by atoms with Crippen molar-refractivity contribution in [3.05, 3.63) is 58.4 Å². The Labute approximate surface area is 127 Å². The number of benzene rings is 2. The molecule has 0 aromatic heterocycles. The number of aliphatic hydroxyl groups is 1. The lowest BCUT2D eigenvalue weighted by molar-refractivity contribution is 0.261. The molecule has 0 unspecified atom stereocenters. The molecule has 2 rings (SSSR count). The molecule has 0 saturated heterocycles. The van der Waals surface area contributed by atoms with Gasteiger partial charge in [-0.15, -0.1) is 0 Å². The van der Waals surface area contributed by atoms with Gasteiger partial charge in [-0.25, -0.2) is 4.39 Å². The summed E-state index contributed by atoms with van der Waals surface area (Å²) in [5.74, 6) is 0.643. The number of hydrogen-bond acceptors (Lipinski definition) is 3. The van der Waals surface area contributed by atoms with Crippen molar-refractivity contribution in [2.45, 2.75) is 20.1 Å². The largest absolute Gasteiger partial charge is 0.490 e. The van der Waals surface area contributed by atoms with E-state index in [9.17, 15) is 4.39 Å². The second-order valence-corrected chi connectivity index (χ2v) is 4.83. The Morgan fingerprint density at radius 2 is 1.90 bits per heavy atom. The Balaban J connectivity index is 2.17. The maximum Gasteiger partial charge on any atom is 0.161 e. The Bertz CT molecular complexity index is 616. The zero-order valence-corrected chi connectivity index (χ0v) is 12.4. The molecule has 0 aliphatic carbocycles. The SMILES string of the molecule is CCOc1cc(CO)ccc1OCc1cc(Cl)ccc1F. The van der Waals surface area contributed by atoms with E-state index < -0.39 is 0 Å². The lowest BCUT2D eigenvalue weighted by atomic mass is 10.2. The summed E-state index contributed by atoms with van der Waals surface area (Å²) < 4.78 is 24.7. The van der Waals surface area contributed by atoms with E-state index >= 15 is 0 Å². The molecule has 0 aliphatic heterocycles. The van der Waals surface area contributed by atoms with Gasteiger partial charge >= 0.3 is 0 Å². The zero-order chi connectivity index (χ0) is 15.2. The van der Waals surface area contributed by atoms with Crippen molar-refractivity contribution in [2.75, 3.05) is 6.61 Å². The summed E-state index contributed by atoms with van der Waals surface area (Å²) in [5.41, 5.74) is 1.09. The van der Waals surface area contributed by atoms with Crippen LogP contribution in [-0.4, -0.2) is 11.7 Å². The molecule has 0 amide bonds. The van der Waals surface area contributed by atoms with Crippen molar-refractivity contribution < 1.29 is 19.0 Å². The number of hydrogen-bond donors (Lipinski definition) is 1. The molecule has 0 radical (unpaired) electrons. The molecule has 0 saturated carbocycles. The topological polar surface area (TPSA) is 38.7 Å². The molecule has 0 fully saturated rings. The van der Waals surface area contributed by atoms with Crippen LogP contribution in [0.3, 0.4) is 0 Å². The van der Waals surface area contributed by atoms with Crippen LogP contribution < -0.4 is 9.47 Å². The third-order valence-electron chi connectivity index (χ3n) is 2.88. The molecule has 0 aliphatic rings. The summed E-state index contributed by atoms with van der Waals surface area (Å²) in [6, 6.07) is 9.44. The van der Waals surface area contributed by atoms with Crippen molar-refractivity contribution in [1.82, 2.24) is 0 Å². The smallest absolute Gasteiger partial charge is 0.161 e. The average Bonchev–Trinajstić information content (AvgIpc) is 2.49. The van der Waals surface area contributed by atoms with Gasteiger partial charge in [-0.2, -0.15) is 0 Å². The minimum atomic E-state index is -0.371. The summed E-state index contributed by atoms with van der Waals surface area (Å²) in [5, 5.41) is 9.59. The number of ether oxygens (including phenoxy) is 2. The van der Waals surface area contributed by atoms with Gasteiger partial charge in [-0.1, -0.05) is 17.7 Å². The van der Waals surface area contributed by atoms with E-state index in [0.717, 1.165) is 5.56 Å². The van der Waals surface area contributed by atoms with Gasteiger partial charge in [0, 0.05) is 10.6 Å². The minimum Gasteiger partial charge on any atom is -0.490 e. The van der Waals surface area contributed by atoms with Gasteiger partial charge in [-0.3, -0.25) is 0 Å². The van der Waals surface area contributed by atoms with E-state index in [4.69, 9.17) is 26.2 Å². The molecule has 2 aromatic carbocycles. The van der Waals surface area contributed by atoms with E-state index in [1.165, 1.54) is 18.2 Å². The molecular weight excluding hydrogens is 295 g/mol. The highest BCUT2D eigenvalue weighted by Gasteiger charge is 2.09. The van der Waals surface area contributed by atoms with Gasteiger partial charge in [0.15, 0.2) is 11.5 Å². The molecule has 21 heavy (non-hydrogen) atoms. The summed E-state index contributed by atoms with van der Waals surface area (Å²) in [4.78, 5) is 0. The predicted octanol–water partition coefficient (Wildman–Crippen LogP) is 3.95. The molecule has 0 spiro atoms. The van der Waals surface area contributed by atoms with Crippen LogP contribution in [0.4, 0.5) is 4.39 Å². The first-order valence-electron chi connectivity index (χ1n) is 6.57. The van der Waals surface area contributed by atoms with E-state index in [0.29, 0.717) is 28.7 Å². The fourth-order valence-corrected chi connectivity index (χ4v) is 2.04. The summed E-state index contributed by atoms with van der Waals surface area (Å²) in [6.45, 7) is 2.29. The lowest BCUT2D eigenvalue weighted by Crippen LogP contribution is -2.02. The van der Waals surface area contributed by atoms with Gasteiger partial charge in [-0.05, 0) is 42.8 Å². The van der Waals surface area contributed by atoms with Gasteiger partial charge in [0.25, 0.3) is 0 Å². The monoisotopic (exact) mass is 310 g/mol. The molecule has 0 atom stereocenters. The highest BCUT2D eigenvalue weighted by atomic mass is 35.5. The van der Waals surface area contributed by atoms with Crippen molar-refractivity contribution in [1.29, 1.82) is 0 Å². The van der Waals surface area contributed by atoms with Crippen LogP contribution in [0, 0.1) is 5.82 Å². The van der Waals surface area contributed by atoms with E-state index in [1.54, 1.807) is 18.2 Å². The fraction of sp³-hybridized carbons (Fsp3) is 0.250. The first kappa shape index (κ1) is 15.6. The molecule has 0 heterocycles. The van der Waals surface area contributed by atoms with Crippen LogP contribution in [-0.2, 0) is 13.2 Å². The van der Waals surface area contributed by atoms with Crippen molar-refractivity contribution in [3.8, 4) is 11.5 Å². The van der Waals surface area contributed by atoms with Crippen LogP contribution >= 0.6 is 11.6 Å². The van der Waals surface area contributed by atoms with E-state index in [1.807, 2.05) is 6.92 Å². The van der Waals surface area contributed by atoms with Crippen molar-refractivity contribution >= 4 is 11.6 Å². The lowest BCUT2D eigenvalue weighted by Gasteiger charge is -2.13. The number of halogens is 2. The number of rotatable bonds is 6. The Kier molecular flexibility index (Phi) is 5.42. The molecule has 5 heteroatoms. The third-order valence-corrected chi connectivity index (χ3v) is 3.12. The first-order chi connectivity index (χ1) is 10.1. The average molecular weight is 311 g/mol. The highest BCUT2D eigenvalue weighted by molar-refractivity contribution is 6.30. The normalized spacial score (nSPS) is 10.5. The first-order valence-corrected chi connectivity index (χ1v) is 6.95. The van der Waals surface area contributed by atoms with Gasteiger partial charge < -0.3 is 14.6 Å². The highest BCUT2D eigenvalue weighted by Crippen LogP contribution is 2.29. The Morgan fingerprint density at radius 1 is 1.10 bits per heavy atom. The summed E-state index contributed by atoms with van der Waals surface area (Å²) >= 11 is 5.84. The van der Waals surface area contributed by atoms with Gasteiger partial charge in [0.1, 0.15) is 12.4 Å².